The van der Waals surface area contributed by atoms with E-state index in [1.807, 2.05) is 18.0 Å². The van der Waals surface area contributed by atoms with Crippen molar-refractivity contribution < 1.29 is 9.53 Å². The number of piperazine rings is 1. The van der Waals surface area contributed by atoms with Crippen LogP contribution < -0.4 is 10.2 Å². The van der Waals surface area contributed by atoms with Crippen molar-refractivity contribution in [3.05, 3.63) is 12.4 Å². The van der Waals surface area contributed by atoms with Crippen LogP contribution in [0.1, 0.15) is 38.5 Å². The number of nitrogens with zero attached hydrogens (tertiary/aromatic N) is 4. The molecule has 3 heterocycles. The fourth-order valence-corrected chi connectivity index (χ4v) is 4.28. The minimum atomic E-state index is 0.0929. The summed E-state index contributed by atoms with van der Waals surface area (Å²) in [6.45, 7) is 2.74. The summed E-state index contributed by atoms with van der Waals surface area (Å²) in [7, 11) is 1.84. The molecular formula is C18H27N5O2. The maximum Gasteiger partial charge on any atom is 0.241 e. The summed E-state index contributed by atoms with van der Waals surface area (Å²) in [5, 5.41) is 3.58. The average Bonchev–Trinajstić information content (AvgIpc) is 3.05. The van der Waals surface area contributed by atoms with Crippen LogP contribution in [0.3, 0.4) is 0 Å². The molecule has 1 unspecified atom stereocenters. The predicted octanol–water partition coefficient (Wildman–Crippen LogP) is 1.66. The third-order valence-electron chi connectivity index (χ3n) is 5.79. The first kappa shape index (κ1) is 16.6. The molecule has 2 aliphatic heterocycles. The Balaban J connectivity index is 1.42. The third kappa shape index (κ3) is 3.56. The minimum absolute atomic E-state index is 0.0929. The Morgan fingerprint density at radius 2 is 2.12 bits per heavy atom. The zero-order valence-corrected chi connectivity index (χ0v) is 14.9. The van der Waals surface area contributed by atoms with Gasteiger partial charge in [0, 0.05) is 38.9 Å². The van der Waals surface area contributed by atoms with Gasteiger partial charge in [-0.05, 0) is 25.7 Å². The lowest BCUT2D eigenvalue weighted by molar-refractivity contribution is -0.129. The molecule has 1 aliphatic carbocycles. The van der Waals surface area contributed by atoms with E-state index < -0.39 is 0 Å². The van der Waals surface area contributed by atoms with Gasteiger partial charge in [-0.2, -0.15) is 0 Å². The first-order valence-electron chi connectivity index (χ1n) is 9.35. The number of aromatic nitrogens is 2. The Morgan fingerprint density at radius 3 is 2.92 bits per heavy atom. The second-order valence-electron chi connectivity index (χ2n) is 7.57. The molecule has 7 nitrogen and oxygen atoms in total. The topological polar surface area (TPSA) is 70.6 Å². The second kappa shape index (κ2) is 6.78. The molecule has 2 saturated heterocycles. The number of likely N-dealkylation sites (N-methyl/N-ethyl adjacent to an activating group) is 1. The van der Waals surface area contributed by atoms with Crippen molar-refractivity contribution in [1.82, 2.24) is 14.9 Å². The van der Waals surface area contributed by atoms with E-state index in [1.54, 1.807) is 11.2 Å². The van der Waals surface area contributed by atoms with Gasteiger partial charge in [0.25, 0.3) is 0 Å². The van der Waals surface area contributed by atoms with Gasteiger partial charge in [-0.15, -0.1) is 0 Å². The van der Waals surface area contributed by atoms with Gasteiger partial charge < -0.3 is 19.9 Å². The molecule has 1 aromatic heterocycles. The summed E-state index contributed by atoms with van der Waals surface area (Å²) in [5.41, 5.74) is 0.0929. The highest BCUT2D eigenvalue weighted by Gasteiger charge is 2.40. The van der Waals surface area contributed by atoms with E-state index in [1.165, 1.54) is 25.7 Å². The number of nitrogens with one attached hydrogen (secondary N) is 1. The number of hydrogen-bond donors (Lipinski definition) is 1. The highest BCUT2D eigenvalue weighted by molar-refractivity contribution is 5.82. The molecule has 7 heteroatoms. The molecule has 0 radical (unpaired) electrons. The number of rotatable bonds is 3. The maximum absolute atomic E-state index is 11.9. The largest absolute Gasteiger partial charge is 0.375 e. The number of amides is 1. The molecule has 0 bridgehead atoms. The lowest BCUT2D eigenvalue weighted by Gasteiger charge is -2.38. The Kier molecular flexibility index (Phi) is 4.50. The Bertz CT molecular complexity index is 632. The Labute approximate surface area is 148 Å². The molecule has 1 spiro atoms. The molecule has 1 saturated carbocycles. The van der Waals surface area contributed by atoms with Gasteiger partial charge in [-0.1, -0.05) is 12.8 Å². The van der Waals surface area contributed by atoms with E-state index in [9.17, 15) is 4.79 Å². The molecule has 1 N–H and O–H groups in total. The summed E-state index contributed by atoms with van der Waals surface area (Å²) in [6, 6.07) is 2.36. The van der Waals surface area contributed by atoms with E-state index in [2.05, 4.69) is 15.3 Å². The van der Waals surface area contributed by atoms with Crippen LogP contribution in [-0.2, 0) is 9.53 Å². The van der Waals surface area contributed by atoms with Crippen LogP contribution in [0.5, 0.6) is 0 Å². The highest BCUT2D eigenvalue weighted by atomic mass is 16.5. The zero-order chi connectivity index (χ0) is 17.3. The van der Waals surface area contributed by atoms with E-state index in [0.717, 1.165) is 44.2 Å². The molecule has 3 aliphatic rings. The predicted molar refractivity (Wildman–Crippen MR) is 95.7 cm³/mol. The van der Waals surface area contributed by atoms with Crippen molar-refractivity contribution in [2.75, 3.05) is 43.5 Å². The van der Waals surface area contributed by atoms with Crippen LogP contribution in [0.15, 0.2) is 12.4 Å². The maximum atomic E-state index is 11.9. The molecule has 0 aromatic carbocycles. The fraction of sp³-hybridized carbons (Fsp3) is 0.722. The number of carbonyl (C=O) groups is 1. The SMILES string of the molecule is CN1CCN(c2cc(NC3CCOC4(CCCC4)C3)ncn2)CC1=O. The lowest BCUT2D eigenvalue weighted by Crippen LogP contribution is -2.48. The molecule has 25 heavy (non-hydrogen) atoms. The van der Waals surface area contributed by atoms with Gasteiger partial charge in [0.15, 0.2) is 0 Å². The Hall–Kier alpha value is -1.89. The smallest absolute Gasteiger partial charge is 0.241 e. The number of anilines is 2. The van der Waals surface area contributed by atoms with Crippen molar-refractivity contribution >= 4 is 17.5 Å². The summed E-state index contributed by atoms with van der Waals surface area (Å²) < 4.78 is 6.11. The third-order valence-corrected chi connectivity index (χ3v) is 5.79. The molecule has 1 atom stereocenters. The summed E-state index contributed by atoms with van der Waals surface area (Å²) in [6.07, 6.45) is 8.58. The molecular weight excluding hydrogens is 318 g/mol. The van der Waals surface area contributed by atoms with Crippen LogP contribution in [-0.4, -0.2) is 65.7 Å². The van der Waals surface area contributed by atoms with Crippen molar-refractivity contribution in [3.8, 4) is 0 Å². The van der Waals surface area contributed by atoms with Crippen LogP contribution in [0.2, 0.25) is 0 Å². The van der Waals surface area contributed by atoms with E-state index in [0.29, 0.717) is 12.6 Å². The normalized spacial score (nSPS) is 26.3. The average molecular weight is 345 g/mol. The molecule has 3 fully saturated rings. The highest BCUT2D eigenvalue weighted by Crippen LogP contribution is 2.40. The van der Waals surface area contributed by atoms with Gasteiger partial charge in [0.1, 0.15) is 18.0 Å². The summed E-state index contributed by atoms with van der Waals surface area (Å²) in [5.74, 6) is 1.80. The fourth-order valence-electron chi connectivity index (χ4n) is 4.28. The van der Waals surface area contributed by atoms with Gasteiger partial charge >= 0.3 is 0 Å². The van der Waals surface area contributed by atoms with Crippen LogP contribution >= 0.6 is 0 Å². The minimum Gasteiger partial charge on any atom is -0.375 e. The van der Waals surface area contributed by atoms with Gasteiger partial charge in [-0.25, -0.2) is 9.97 Å². The number of carbonyl (C=O) groups excluding carboxylic acids is 1. The first-order valence-corrected chi connectivity index (χ1v) is 9.35. The van der Waals surface area contributed by atoms with Gasteiger partial charge in [0.05, 0.1) is 12.1 Å². The second-order valence-corrected chi connectivity index (χ2v) is 7.57. The molecule has 1 aromatic rings. The van der Waals surface area contributed by atoms with Crippen molar-refractivity contribution in [1.29, 1.82) is 0 Å². The van der Waals surface area contributed by atoms with E-state index in [-0.39, 0.29) is 11.5 Å². The lowest BCUT2D eigenvalue weighted by atomic mass is 9.89. The zero-order valence-electron chi connectivity index (χ0n) is 14.9. The molecule has 4 rings (SSSR count). The van der Waals surface area contributed by atoms with Gasteiger partial charge in [-0.3, -0.25) is 4.79 Å². The Morgan fingerprint density at radius 1 is 1.28 bits per heavy atom. The van der Waals surface area contributed by atoms with E-state index in [4.69, 9.17) is 4.74 Å². The van der Waals surface area contributed by atoms with Crippen molar-refractivity contribution in [2.24, 2.45) is 0 Å². The molecule has 136 valence electrons. The standard InChI is InChI=1S/C18H27N5O2/c1-22-7-8-23(12-17(22)24)16-10-15(19-13-20-16)21-14-4-9-25-18(11-14)5-2-3-6-18/h10,13-14H,2-9,11-12H2,1H3,(H,19,20,21). The van der Waals surface area contributed by atoms with E-state index >= 15 is 0 Å². The molecule has 1 amide bonds. The van der Waals surface area contributed by atoms with Crippen LogP contribution in [0.4, 0.5) is 11.6 Å². The first-order chi connectivity index (χ1) is 12.1. The van der Waals surface area contributed by atoms with Crippen LogP contribution in [0, 0.1) is 0 Å². The van der Waals surface area contributed by atoms with Crippen LogP contribution in [0.25, 0.3) is 0 Å². The summed E-state index contributed by atoms with van der Waals surface area (Å²) in [4.78, 5) is 24.5. The number of hydrogen-bond acceptors (Lipinski definition) is 6. The monoisotopic (exact) mass is 345 g/mol. The number of ether oxygens (including phenoxy) is 1. The van der Waals surface area contributed by atoms with Gasteiger partial charge in [0.2, 0.25) is 5.91 Å². The van der Waals surface area contributed by atoms with Crippen molar-refractivity contribution in [3.63, 3.8) is 0 Å². The summed E-state index contributed by atoms with van der Waals surface area (Å²) >= 11 is 0. The quantitative estimate of drug-likeness (QED) is 0.898. The van der Waals surface area contributed by atoms with Crippen molar-refractivity contribution in [2.45, 2.75) is 50.2 Å².